The van der Waals surface area contributed by atoms with E-state index in [-0.39, 0.29) is 18.7 Å². The molecule has 11 nitrogen and oxygen atoms in total. The van der Waals surface area contributed by atoms with Gasteiger partial charge in [0.05, 0.1) is 23.9 Å². The highest BCUT2D eigenvalue weighted by atomic mass is 32.2. The van der Waals surface area contributed by atoms with Crippen LogP contribution in [0.5, 0.6) is 5.75 Å². The largest absolute Gasteiger partial charge is 0.490 e. The molecule has 1 saturated heterocycles. The molecule has 246 valence electrons. The van der Waals surface area contributed by atoms with Crippen molar-refractivity contribution in [3.63, 3.8) is 0 Å². The minimum absolute atomic E-state index is 0.0917. The van der Waals surface area contributed by atoms with Crippen molar-refractivity contribution in [3.8, 4) is 11.8 Å². The van der Waals surface area contributed by atoms with E-state index < -0.39 is 27.5 Å². The Morgan fingerprint density at radius 1 is 0.891 bits per heavy atom. The number of fused-ring (bicyclic) bond motifs is 1. The summed E-state index contributed by atoms with van der Waals surface area (Å²) >= 11 is 0. The number of rotatable bonds is 7. The molecule has 0 atom stereocenters. The first-order chi connectivity index (χ1) is 21.4. The van der Waals surface area contributed by atoms with Crippen LogP contribution in [0.3, 0.4) is 0 Å². The number of piperidine rings is 1. The third-order valence-electron chi connectivity index (χ3n) is 7.16. The standard InChI is InChI=1S/C34H42N4O7S/c1-33(2,3)44-31(39)36(7)46(41,42)38(23-25-9-11-26-10-8-24(22-35)20-27(26)21-25)28-12-14-29(15-13-28)43-30-16-18-37(19-17-30)32(40)45-34(4,5)6/h8-15,20-21,30H,16-19,23H2,1-7H3. The number of nitrogens with zero attached hydrogens (tertiary/aromatic N) is 4. The van der Waals surface area contributed by atoms with Crippen LogP contribution in [0.1, 0.15) is 65.5 Å². The highest BCUT2D eigenvalue weighted by Gasteiger charge is 2.34. The van der Waals surface area contributed by atoms with E-state index in [0.29, 0.717) is 52.8 Å². The van der Waals surface area contributed by atoms with E-state index in [1.807, 2.05) is 45.0 Å². The smallest absolute Gasteiger partial charge is 0.425 e. The lowest BCUT2D eigenvalue weighted by Gasteiger charge is -2.33. The van der Waals surface area contributed by atoms with Gasteiger partial charge in [-0.25, -0.2) is 13.9 Å². The lowest BCUT2D eigenvalue weighted by molar-refractivity contribution is 0.0126. The van der Waals surface area contributed by atoms with Gasteiger partial charge in [0.15, 0.2) is 0 Å². The maximum atomic E-state index is 13.9. The molecule has 0 saturated carbocycles. The van der Waals surface area contributed by atoms with Crippen LogP contribution in [0.25, 0.3) is 10.8 Å². The van der Waals surface area contributed by atoms with Crippen LogP contribution in [0.4, 0.5) is 15.3 Å². The predicted octanol–water partition coefficient (Wildman–Crippen LogP) is 6.61. The van der Waals surface area contributed by atoms with E-state index in [9.17, 15) is 23.3 Å². The van der Waals surface area contributed by atoms with Crippen molar-refractivity contribution in [2.45, 2.75) is 78.2 Å². The molecule has 2 amide bonds. The van der Waals surface area contributed by atoms with Crippen LogP contribution in [0.2, 0.25) is 0 Å². The van der Waals surface area contributed by atoms with Gasteiger partial charge in [-0.05, 0) is 100 Å². The number of hydrogen-bond acceptors (Lipinski definition) is 8. The third-order valence-corrected chi connectivity index (χ3v) is 8.89. The molecule has 0 unspecified atom stereocenters. The Bertz CT molecular complexity index is 1710. The summed E-state index contributed by atoms with van der Waals surface area (Å²) in [4.78, 5) is 26.9. The van der Waals surface area contributed by atoms with Gasteiger partial charge in [-0.2, -0.15) is 18.0 Å². The maximum Gasteiger partial charge on any atom is 0.425 e. The molecular formula is C34H42N4O7S. The van der Waals surface area contributed by atoms with Crippen LogP contribution in [-0.2, 0) is 26.2 Å². The minimum atomic E-state index is -4.41. The van der Waals surface area contributed by atoms with E-state index in [4.69, 9.17) is 14.2 Å². The normalized spacial score (nSPS) is 14.3. The summed E-state index contributed by atoms with van der Waals surface area (Å²) in [6.07, 6.45) is -0.231. The number of carbonyl (C=O) groups is 2. The molecule has 46 heavy (non-hydrogen) atoms. The lowest BCUT2D eigenvalue weighted by atomic mass is 10.0. The van der Waals surface area contributed by atoms with Crippen molar-refractivity contribution in [2.24, 2.45) is 0 Å². The monoisotopic (exact) mass is 650 g/mol. The van der Waals surface area contributed by atoms with Gasteiger partial charge in [-0.15, -0.1) is 0 Å². The average molecular weight is 651 g/mol. The van der Waals surface area contributed by atoms with E-state index in [2.05, 4.69) is 6.07 Å². The predicted molar refractivity (Wildman–Crippen MR) is 176 cm³/mol. The first kappa shape index (κ1) is 34.4. The molecule has 0 aromatic heterocycles. The number of ether oxygens (including phenoxy) is 3. The fourth-order valence-corrected chi connectivity index (χ4v) is 6.09. The molecule has 1 aliphatic heterocycles. The van der Waals surface area contributed by atoms with Crippen molar-refractivity contribution in [1.29, 1.82) is 5.26 Å². The summed E-state index contributed by atoms with van der Waals surface area (Å²) in [7, 11) is -3.24. The zero-order valence-corrected chi connectivity index (χ0v) is 28.3. The highest BCUT2D eigenvalue weighted by molar-refractivity contribution is 7.91. The molecule has 0 spiro atoms. The van der Waals surface area contributed by atoms with Gasteiger partial charge in [0.1, 0.15) is 23.1 Å². The summed E-state index contributed by atoms with van der Waals surface area (Å²) in [5, 5.41) is 11.0. The molecule has 3 aromatic rings. The summed E-state index contributed by atoms with van der Waals surface area (Å²) in [6, 6.07) is 19.6. The molecule has 0 N–H and O–H groups in total. The van der Waals surface area contributed by atoms with Gasteiger partial charge in [0.25, 0.3) is 0 Å². The van der Waals surface area contributed by atoms with Gasteiger partial charge in [0, 0.05) is 33.0 Å². The second kappa shape index (κ2) is 13.5. The molecule has 0 aliphatic carbocycles. The number of benzene rings is 3. The molecule has 4 rings (SSSR count). The fourth-order valence-electron chi connectivity index (χ4n) is 4.87. The fraction of sp³-hybridized carbons (Fsp3) is 0.441. The Labute approximate surface area is 271 Å². The van der Waals surface area contributed by atoms with Gasteiger partial charge >= 0.3 is 22.4 Å². The number of carbonyl (C=O) groups excluding carboxylic acids is 2. The van der Waals surface area contributed by atoms with Gasteiger partial charge in [-0.1, -0.05) is 18.2 Å². The van der Waals surface area contributed by atoms with E-state index in [1.54, 1.807) is 62.1 Å². The number of likely N-dealkylation sites (tertiary alicyclic amines) is 1. The van der Waals surface area contributed by atoms with Crippen LogP contribution in [0.15, 0.2) is 60.7 Å². The van der Waals surface area contributed by atoms with Crippen LogP contribution in [0, 0.1) is 11.3 Å². The van der Waals surface area contributed by atoms with Crippen LogP contribution in [-0.4, -0.2) is 67.3 Å². The Kier molecular flexibility index (Phi) is 10.1. The minimum Gasteiger partial charge on any atom is -0.490 e. The first-order valence-electron chi connectivity index (χ1n) is 15.1. The number of hydrogen-bond donors (Lipinski definition) is 0. The van der Waals surface area contributed by atoms with Crippen molar-refractivity contribution in [3.05, 3.63) is 71.8 Å². The summed E-state index contributed by atoms with van der Waals surface area (Å²) in [5.74, 6) is 0.548. The molecule has 1 heterocycles. The summed E-state index contributed by atoms with van der Waals surface area (Å²) in [5.41, 5.74) is -0.00580. The second-order valence-electron chi connectivity index (χ2n) is 13.2. The topological polar surface area (TPSA) is 129 Å². The number of amides is 2. The van der Waals surface area contributed by atoms with Gasteiger partial charge < -0.3 is 19.1 Å². The molecule has 0 radical (unpaired) electrons. The van der Waals surface area contributed by atoms with E-state index in [0.717, 1.165) is 22.1 Å². The van der Waals surface area contributed by atoms with Crippen molar-refractivity contribution >= 4 is 38.9 Å². The van der Waals surface area contributed by atoms with Crippen LogP contribution < -0.4 is 9.04 Å². The zero-order valence-electron chi connectivity index (χ0n) is 27.4. The van der Waals surface area contributed by atoms with Gasteiger partial charge in [-0.3, -0.25) is 0 Å². The first-order valence-corrected chi connectivity index (χ1v) is 16.5. The molecule has 1 fully saturated rings. The Morgan fingerprint density at radius 3 is 2.09 bits per heavy atom. The maximum absolute atomic E-state index is 13.9. The SMILES string of the molecule is CN(C(=O)OC(C)(C)C)S(=O)(=O)N(Cc1ccc2ccc(C#N)cc2c1)c1ccc(OC2CCN(C(=O)OC(C)(C)C)CC2)cc1. The molecule has 1 aliphatic rings. The molecule has 0 bridgehead atoms. The van der Waals surface area contributed by atoms with E-state index >= 15 is 0 Å². The van der Waals surface area contributed by atoms with Crippen molar-refractivity contribution in [1.82, 2.24) is 9.21 Å². The average Bonchev–Trinajstić information content (AvgIpc) is 2.98. The molecular weight excluding hydrogens is 608 g/mol. The Morgan fingerprint density at radius 2 is 1.50 bits per heavy atom. The molecule has 12 heteroatoms. The number of anilines is 1. The Balaban J connectivity index is 1.56. The quantitative estimate of drug-likeness (QED) is 0.279. The van der Waals surface area contributed by atoms with Crippen molar-refractivity contribution < 1.29 is 32.2 Å². The summed E-state index contributed by atoms with van der Waals surface area (Å²) < 4.78 is 46.6. The van der Waals surface area contributed by atoms with Gasteiger partial charge in [0.2, 0.25) is 0 Å². The summed E-state index contributed by atoms with van der Waals surface area (Å²) in [6.45, 7) is 11.4. The third kappa shape index (κ3) is 8.81. The highest BCUT2D eigenvalue weighted by Crippen LogP contribution is 2.29. The molecule has 3 aromatic carbocycles. The zero-order chi connectivity index (χ0) is 33.9. The second-order valence-corrected chi connectivity index (χ2v) is 15.1. The number of nitriles is 1. The Hall–Kier alpha value is -4.50. The van der Waals surface area contributed by atoms with Crippen molar-refractivity contribution in [2.75, 3.05) is 24.4 Å². The van der Waals surface area contributed by atoms with Crippen LogP contribution >= 0.6 is 0 Å². The van der Waals surface area contributed by atoms with E-state index in [1.165, 1.54) is 0 Å². The lowest BCUT2D eigenvalue weighted by Crippen LogP contribution is -2.46.